The minimum absolute atomic E-state index is 0.536. The fourth-order valence-electron chi connectivity index (χ4n) is 0.512. The van der Waals surface area contributed by atoms with Gasteiger partial charge in [-0.05, 0) is 6.08 Å². The van der Waals surface area contributed by atoms with Crippen LogP contribution in [0.1, 0.15) is 13.3 Å². The molecule has 52 valence electrons. The minimum Gasteiger partial charge on any atom is -0.501 e. The maximum atomic E-state index is 5.29. The van der Waals surface area contributed by atoms with Crippen molar-refractivity contribution in [1.29, 1.82) is 0 Å². The zero-order chi connectivity index (χ0) is 7.28. The first-order valence-electron chi connectivity index (χ1n) is 2.89. The van der Waals surface area contributed by atoms with Crippen LogP contribution in [0.25, 0.3) is 0 Å². The van der Waals surface area contributed by atoms with E-state index in [1.165, 1.54) is 0 Å². The van der Waals surface area contributed by atoms with E-state index < -0.39 is 0 Å². The van der Waals surface area contributed by atoms with Crippen LogP contribution in [-0.2, 0) is 4.74 Å². The first-order valence-corrected chi connectivity index (χ1v) is 2.89. The van der Waals surface area contributed by atoms with Crippen molar-refractivity contribution in [2.24, 2.45) is 5.73 Å². The second-order valence-corrected chi connectivity index (χ2v) is 1.74. The van der Waals surface area contributed by atoms with Gasteiger partial charge in [-0.15, -0.1) is 0 Å². The Morgan fingerprint density at radius 2 is 2.33 bits per heavy atom. The van der Waals surface area contributed by atoms with E-state index in [0.717, 1.165) is 12.2 Å². The number of hydrogen-bond donors (Lipinski definition) is 1. The monoisotopic (exact) mass is 127 g/mol. The normalized spacial score (nSPS) is 11.1. The van der Waals surface area contributed by atoms with E-state index >= 15 is 0 Å². The Balaban J connectivity index is 3.91. The van der Waals surface area contributed by atoms with Crippen LogP contribution in [-0.4, -0.2) is 7.11 Å². The lowest BCUT2D eigenvalue weighted by molar-refractivity contribution is 0.280. The third-order valence-electron chi connectivity index (χ3n) is 0.957. The van der Waals surface area contributed by atoms with Gasteiger partial charge in [0.05, 0.1) is 12.9 Å². The van der Waals surface area contributed by atoms with Gasteiger partial charge in [0.1, 0.15) is 0 Å². The highest BCUT2D eigenvalue weighted by molar-refractivity contribution is 5.13. The van der Waals surface area contributed by atoms with Crippen LogP contribution in [0.15, 0.2) is 24.1 Å². The van der Waals surface area contributed by atoms with Crippen LogP contribution in [0.2, 0.25) is 0 Å². The van der Waals surface area contributed by atoms with Crippen LogP contribution in [0, 0.1) is 0 Å². The smallest absolute Gasteiger partial charge is 0.0972 e. The first-order chi connectivity index (χ1) is 4.20. The fraction of sp³-hybridized carbons (Fsp3) is 0.429. The fourth-order valence-corrected chi connectivity index (χ4v) is 0.512. The van der Waals surface area contributed by atoms with Crippen LogP contribution in [0.4, 0.5) is 0 Å². The predicted octanol–water partition coefficient (Wildman–Crippen LogP) is 1.40. The summed E-state index contributed by atoms with van der Waals surface area (Å²) < 4.78 is 4.93. The summed E-state index contributed by atoms with van der Waals surface area (Å²) in [6.45, 7) is 5.51. The lowest BCUT2D eigenvalue weighted by Gasteiger charge is -2.00. The Hall–Kier alpha value is -0.920. The SMILES string of the molecule is C=C(N)/C=C(\CC)OC. The molecule has 0 amide bonds. The molecule has 0 aromatic heterocycles. The average molecular weight is 127 g/mol. The molecule has 0 aromatic carbocycles. The van der Waals surface area contributed by atoms with E-state index in [1.54, 1.807) is 13.2 Å². The van der Waals surface area contributed by atoms with Crippen LogP contribution < -0.4 is 5.73 Å². The Kier molecular flexibility index (Phi) is 3.60. The van der Waals surface area contributed by atoms with Gasteiger partial charge < -0.3 is 10.5 Å². The summed E-state index contributed by atoms with van der Waals surface area (Å²) >= 11 is 0. The van der Waals surface area contributed by atoms with Crippen LogP contribution >= 0.6 is 0 Å². The number of allylic oxidation sites excluding steroid dienone is 2. The molecule has 0 unspecified atom stereocenters. The van der Waals surface area contributed by atoms with Crippen molar-refractivity contribution in [3.8, 4) is 0 Å². The van der Waals surface area contributed by atoms with Crippen molar-refractivity contribution in [2.75, 3.05) is 7.11 Å². The second-order valence-electron chi connectivity index (χ2n) is 1.74. The highest BCUT2D eigenvalue weighted by Gasteiger charge is 1.88. The van der Waals surface area contributed by atoms with Gasteiger partial charge in [0.2, 0.25) is 0 Å². The molecule has 2 nitrogen and oxygen atoms in total. The van der Waals surface area contributed by atoms with Gasteiger partial charge in [-0.2, -0.15) is 0 Å². The van der Waals surface area contributed by atoms with Gasteiger partial charge in [0.15, 0.2) is 0 Å². The highest BCUT2D eigenvalue weighted by Crippen LogP contribution is 2.01. The maximum absolute atomic E-state index is 5.29. The third-order valence-corrected chi connectivity index (χ3v) is 0.957. The topological polar surface area (TPSA) is 35.2 Å². The Morgan fingerprint density at radius 3 is 2.44 bits per heavy atom. The lowest BCUT2D eigenvalue weighted by atomic mass is 10.3. The maximum Gasteiger partial charge on any atom is 0.0972 e. The summed E-state index contributed by atoms with van der Waals surface area (Å²) in [5, 5.41) is 0. The molecule has 0 aliphatic rings. The highest BCUT2D eigenvalue weighted by atomic mass is 16.5. The summed E-state index contributed by atoms with van der Waals surface area (Å²) in [5.74, 6) is 0.863. The Labute approximate surface area is 56.0 Å². The largest absolute Gasteiger partial charge is 0.501 e. The van der Waals surface area contributed by atoms with Crippen LogP contribution in [0.5, 0.6) is 0 Å². The Morgan fingerprint density at radius 1 is 1.78 bits per heavy atom. The number of hydrogen-bond acceptors (Lipinski definition) is 2. The zero-order valence-electron chi connectivity index (χ0n) is 5.98. The van der Waals surface area contributed by atoms with Crippen LogP contribution in [0.3, 0.4) is 0 Å². The molecular formula is C7H13NO. The predicted molar refractivity (Wildman–Crippen MR) is 38.7 cm³/mol. The summed E-state index contributed by atoms with van der Waals surface area (Å²) in [6, 6.07) is 0. The summed E-state index contributed by atoms with van der Waals surface area (Å²) in [7, 11) is 1.62. The molecule has 2 N–H and O–H groups in total. The molecule has 9 heavy (non-hydrogen) atoms. The summed E-state index contributed by atoms with van der Waals surface area (Å²) in [6.07, 6.45) is 2.58. The molecule has 0 bridgehead atoms. The molecule has 0 saturated carbocycles. The van der Waals surface area contributed by atoms with Crippen molar-refractivity contribution in [1.82, 2.24) is 0 Å². The molecule has 2 heteroatoms. The molecule has 0 heterocycles. The van der Waals surface area contributed by atoms with E-state index in [9.17, 15) is 0 Å². The Bertz CT molecular complexity index is 121. The molecule has 0 aliphatic heterocycles. The van der Waals surface area contributed by atoms with Gasteiger partial charge in [-0.1, -0.05) is 13.5 Å². The lowest BCUT2D eigenvalue weighted by Crippen LogP contribution is -1.93. The van der Waals surface area contributed by atoms with Crippen molar-refractivity contribution in [3.05, 3.63) is 24.1 Å². The quantitative estimate of drug-likeness (QED) is 0.459. The molecule has 0 rings (SSSR count). The number of nitrogens with two attached hydrogens (primary N) is 1. The van der Waals surface area contributed by atoms with Gasteiger partial charge in [0, 0.05) is 12.1 Å². The number of rotatable bonds is 3. The molecule has 0 aliphatic carbocycles. The van der Waals surface area contributed by atoms with E-state index in [4.69, 9.17) is 10.5 Å². The second kappa shape index (κ2) is 4.01. The third kappa shape index (κ3) is 3.64. The minimum atomic E-state index is 0.536. The molecule has 0 atom stereocenters. The zero-order valence-corrected chi connectivity index (χ0v) is 5.98. The van der Waals surface area contributed by atoms with E-state index in [1.807, 2.05) is 6.92 Å². The van der Waals surface area contributed by atoms with Crippen molar-refractivity contribution >= 4 is 0 Å². The summed E-state index contributed by atoms with van der Waals surface area (Å²) in [4.78, 5) is 0. The molecule has 0 radical (unpaired) electrons. The van der Waals surface area contributed by atoms with Gasteiger partial charge in [-0.3, -0.25) is 0 Å². The van der Waals surface area contributed by atoms with Gasteiger partial charge >= 0.3 is 0 Å². The first kappa shape index (κ1) is 8.08. The molecular weight excluding hydrogens is 114 g/mol. The average Bonchev–Trinajstić information content (AvgIpc) is 1.82. The summed E-state index contributed by atoms with van der Waals surface area (Å²) in [5.41, 5.74) is 5.83. The van der Waals surface area contributed by atoms with Crippen molar-refractivity contribution in [2.45, 2.75) is 13.3 Å². The molecule has 0 spiro atoms. The van der Waals surface area contributed by atoms with E-state index in [-0.39, 0.29) is 0 Å². The number of methoxy groups -OCH3 is 1. The van der Waals surface area contributed by atoms with Gasteiger partial charge in [-0.25, -0.2) is 0 Å². The van der Waals surface area contributed by atoms with Crippen molar-refractivity contribution < 1.29 is 4.74 Å². The van der Waals surface area contributed by atoms with Crippen molar-refractivity contribution in [3.63, 3.8) is 0 Å². The van der Waals surface area contributed by atoms with Gasteiger partial charge in [0.25, 0.3) is 0 Å². The van der Waals surface area contributed by atoms with E-state index in [2.05, 4.69) is 6.58 Å². The molecule has 0 saturated heterocycles. The van der Waals surface area contributed by atoms with E-state index in [0.29, 0.717) is 5.70 Å². The molecule has 0 aromatic rings. The number of ether oxygens (including phenoxy) is 1. The standard InChI is InChI=1S/C7H13NO/c1-4-7(9-3)5-6(2)8/h5H,2,4,8H2,1,3H3/b7-5+. The molecule has 0 fully saturated rings.